The van der Waals surface area contributed by atoms with E-state index in [0.717, 1.165) is 48.0 Å². The van der Waals surface area contributed by atoms with Crippen LogP contribution in [0.25, 0.3) is 0 Å². The molecule has 0 N–H and O–H groups in total. The third-order valence-corrected chi connectivity index (χ3v) is 8.47. The molecule has 8 heteroatoms. The summed E-state index contributed by atoms with van der Waals surface area (Å²) in [6, 6.07) is 5.24. The number of nitrogens with zero attached hydrogens (tertiary/aromatic N) is 3. The number of hydrogen-bond acceptors (Lipinski definition) is 5. The van der Waals surface area contributed by atoms with E-state index < -0.39 is 10.0 Å². The predicted octanol–water partition coefficient (Wildman–Crippen LogP) is 3.03. The number of benzene rings is 1. The van der Waals surface area contributed by atoms with Gasteiger partial charge in [0.25, 0.3) is 0 Å². The van der Waals surface area contributed by atoms with Crippen molar-refractivity contribution in [2.75, 3.05) is 25.4 Å². The topological polar surface area (TPSA) is 64.4 Å². The highest BCUT2D eigenvalue weighted by Crippen LogP contribution is 2.31. The van der Waals surface area contributed by atoms with Gasteiger partial charge < -0.3 is 9.30 Å². The molecule has 4 rings (SSSR count). The van der Waals surface area contributed by atoms with Gasteiger partial charge in [0.1, 0.15) is 5.75 Å². The number of aryl methyl sites for hydroxylation is 1. The van der Waals surface area contributed by atoms with Crippen molar-refractivity contribution in [3.05, 3.63) is 36.2 Å². The van der Waals surface area contributed by atoms with Crippen molar-refractivity contribution in [2.24, 2.45) is 5.92 Å². The molecule has 1 saturated heterocycles. The average Bonchev–Trinajstić information content (AvgIpc) is 3.34. The minimum atomic E-state index is -3.42. The Morgan fingerprint density at radius 2 is 2.11 bits per heavy atom. The van der Waals surface area contributed by atoms with Gasteiger partial charge in [-0.1, -0.05) is 11.8 Å². The summed E-state index contributed by atoms with van der Waals surface area (Å²) in [5.41, 5.74) is 0.994. The summed E-state index contributed by atoms with van der Waals surface area (Å²) < 4.78 is 35.2. The lowest BCUT2D eigenvalue weighted by atomic mass is 10.0. The van der Waals surface area contributed by atoms with Crippen LogP contribution in [-0.4, -0.2) is 47.7 Å². The summed E-state index contributed by atoms with van der Waals surface area (Å²) in [7, 11) is -3.42. The molecule has 0 spiro atoms. The lowest BCUT2D eigenvalue weighted by Crippen LogP contribution is -2.39. The fraction of sp³-hybridized carbons (Fsp3) is 0.526. The number of imidazole rings is 1. The van der Waals surface area contributed by atoms with Gasteiger partial charge in [0.15, 0.2) is 5.16 Å². The van der Waals surface area contributed by atoms with Crippen LogP contribution in [0.1, 0.15) is 25.3 Å². The van der Waals surface area contributed by atoms with Gasteiger partial charge in [-0.15, -0.1) is 0 Å². The lowest BCUT2D eigenvalue weighted by Gasteiger charge is -2.31. The molecular formula is C19H25N3O3S2. The maximum atomic E-state index is 13.0. The Morgan fingerprint density at radius 1 is 1.30 bits per heavy atom. The highest BCUT2D eigenvalue weighted by atomic mass is 32.2. The van der Waals surface area contributed by atoms with Crippen molar-refractivity contribution in [1.82, 2.24) is 13.9 Å². The van der Waals surface area contributed by atoms with Crippen molar-refractivity contribution in [1.29, 1.82) is 0 Å². The van der Waals surface area contributed by atoms with Gasteiger partial charge in [-0.3, -0.25) is 0 Å². The van der Waals surface area contributed by atoms with E-state index in [-0.39, 0.29) is 0 Å². The number of aromatic nitrogens is 2. The standard InChI is InChI=1S/C19H25N3O3S2/c1-2-21-11-8-20-19(21)26-14-15-5-9-22(10-6-15)27(23,24)17-3-4-18-16(13-17)7-12-25-18/h3-4,8,11,13,15H,2,5-7,9-10,12,14H2,1H3. The van der Waals surface area contributed by atoms with Gasteiger partial charge in [-0.25, -0.2) is 13.4 Å². The first kappa shape index (κ1) is 18.8. The van der Waals surface area contributed by atoms with Crippen LogP contribution in [0, 0.1) is 5.92 Å². The van der Waals surface area contributed by atoms with E-state index in [2.05, 4.69) is 16.5 Å². The van der Waals surface area contributed by atoms with Crippen LogP contribution in [0.5, 0.6) is 5.75 Å². The third-order valence-electron chi connectivity index (χ3n) is 5.34. The molecule has 1 fully saturated rings. The van der Waals surface area contributed by atoms with Crippen LogP contribution in [0.2, 0.25) is 0 Å². The molecule has 27 heavy (non-hydrogen) atoms. The monoisotopic (exact) mass is 407 g/mol. The van der Waals surface area contributed by atoms with E-state index >= 15 is 0 Å². The second kappa shape index (κ2) is 7.85. The Balaban J connectivity index is 1.35. The fourth-order valence-corrected chi connectivity index (χ4v) is 6.39. The molecule has 0 radical (unpaired) electrons. The minimum Gasteiger partial charge on any atom is -0.493 e. The molecule has 0 saturated carbocycles. The Morgan fingerprint density at radius 3 is 2.89 bits per heavy atom. The molecule has 146 valence electrons. The molecule has 0 atom stereocenters. The lowest BCUT2D eigenvalue weighted by molar-refractivity contribution is 0.291. The Labute approximate surface area is 165 Å². The maximum absolute atomic E-state index is 13.0. The number of thioether (sulfide) groups is 1. The summed E-state index contributed by atoms with van der Waals surface area (Å²) in [5.74, 6) is 2.33. The van der Waals surface area contributed by atoms with Crippen LogP contribution in [0.15, 0.2) is 40.6 Å². The van der Waals surface area contributed by atoms with Crippen LogP contribution < -0.4 is 4.74 Å². The smallest absolute Gasteiger partial charge is 0.243 e. The Hall–Kier alpha value is -1.51. The molecule has 2 aromatic rings. The molecule has 0 bridgehead atoms. The van der Waals surface area contributed by atoms with E-state index in [0.29, 0.717) is 30.5 Å². The zero-order chi connectivity index (χ0) is 18.9. The quantitative estimate of drug-likeness (QED) is 0.689. The molecule has 3 heterocycles. The minimum absolute atomic E-state index is 0.393. The van der Waals surface area contributed by atoms with Gasteiger partial charge in [-0.2, -0.15) is 4.31 Å². The first-order chi connectivity index (χ1) is 13.1. The molecule has 2 aliphatic heterocycles. The first-order valence-electron chi connectivity index (χ1n) is 9.47. The molecule has 1 aromatic heterocycles. The Kier molecular flexibility index (Phi) is 5.48. The number of fused-ring (bicyclic) bond motifs is 1. The molecule has 0 aliphatic carbocycles. The summed E-state index contributed by atoms with van der Waals surface area (Å²) >= 11 is 1.77. The zero-order valence-corrected chi connectivity index (χ0v) is 17.1. The van der Waals surface area contributed by atoms with Crippen molar-refractivity contribution < 1.29 is 13.2 Å². The summed E-state index contributed by atoms with van der Waals surface area (Å²) in [6.07, 6.45) is 6.41. The molecule has 6 nitrogen and oxygen atoms in total. The fourth-order valence-electron chi connectivity index (χ4n) is 3.66. The van der Waals surface area contributed by atoms with Crippen molar-refractivity contribution in [3.63, 3.8) is 0 Å². The van der Waals surface area contributed by atoms with E-state index in [9.17, 15) is 8.42 Å². The van der Waals surface area contributed by atoms with Crippen LogP contribution in [0.3, 0.4) is 0 Å². The number of piperidine rings is 1. The second-order valence-corrected chi connectivity index (χ2v) is 9.95. The van der Waals surface area contributed by atoms with Gasteiger partial charge in [-0.05, 0) is 49.4 Å². The van der Waals surface area contributed by atoms with Gasteiger partial charge in [0.05, 0.1) is 11.5 Å². The predicted molar refractivity (Wildman–Crippen MR) is 106 cm³/mol. The zero-order valence-electron chi connectivity index (χ0n) is 15.5. The highest BCUT2D eigenvalue weighted by Gasteiger charge is 2.30. The molecule has 1 aromatic carbocycles. The van der Waals surface area contributed by atoms with Crippen molar-refractivity contribution >= 4 is 21.8 Å². The van der Waals surface area contributed by atoms with Gasteiger partial charge in [0, 0.05) is 44.2 Å². The van der Waals surface area contributed by atoms with Gasteiger partial charge in [0.2, 0.25) is 10.0 Å². The van der Waals surface area contributed by atoms with E-state index in [1.807, 2.05) is 12.4 Å². The highest BCUT2D eigenvalue weighted by molar-refractivity contribution is 7.99. The van der Waals surface area contributed by atoms with Crippen molar-refractivity contribution in [3.8, 4) is 5.75 Å². The van der Waals surface area contributed by atoms with Crippen LogP contribution in [-0.2, 0) is 23.0 Å². The Bertz CT molecular complexity index is 903. The summed E-state index contributed by atoms with van der Waals surface area (Å²) in [4.78, 5) is 4.80. The summed E-state index contributed by atoms with van der Waals surface area (Å²) in [6.45, 7) is 4.84. The number of hydrogen-bond donors (Lipinski definition) is 0. The van der Waals surface area contributed by atoms with Crippen LogP contribution in [0.4, 0.5) is 0 Å². The van der Waals surface area contributed by atoms with Crippen LogP contribution >= 0.6 is 11.8 Å². The molecular weight excluding hydrogens is 382 g/mol. The average molecular weight is 408 g/mol. The molecule has 2 aliphatic rings. The third kappa shape index (κ3) is 3.88. The molecule has 0 unspecified atom stereocenters. The number of rotatable bonds is 6. The largest absolute Gasteiger partial charge is 0.493 e. The van der Waals surface area contributed by atoms with E-state index in [1.165, 1.54) is 0 Å². The first-order valence-corrected chi connectivity index (χ1v) is 11.9. The van der Waals surface area contributed by atoms with E-state index in [4.69, 9.17) is 4.74 Å². The SMILES string of the molecule is CCn1ccnc1SCC1CCN(S(=O)(=O)c2ccc3c(c2)CCO3)CC1. The molecule has 0 amide bonds. The number of sulfonamides is 1. The maximum Gasteiger partial charge on any atom is 0.243 e. The second-order valence-electron chi connectivity index (χ2n) is 7.02. The number of ether oxygens (including phenoxy) is 1. The van der Waals surface area contributed by atoms with Gasteiger partial charge >= 0.3 is 0 Å². The summed E-state index contributed by atoms with van der Waals surface area (Å²) in [5, 5.41) is 1.05. The van der Waals surface area contributed by atoms with E-state index in [1.54, 1.807) is 34.3 Å². The normalized spacial score (nSPS) is 18.4. The van der Waals surface area contributed by atoms with Crippen molar-refractivity contribution in [2.45, 2.75) is 42.8 Å².